The SMILES string of the molecule is CC1OCCC1C1(C(C)N)CC1. The van der Waals surface area contributed by atoms with E-state index in [0.29, 0.717) is 17.6 Å². The summed E-state index contributed by atoms with van der Waals surface area (Å²) in [5.41, 5.74) is 6.47. The van der Waals surface area contributed by atoms with Crippen LogP contribution in [0.15, 0.2) is 0 Å². The summed E-state index contributed by atoms with van der Waals surface area (Å²) in [5.74, 6) is 0.734. The van der Waals surface area contributed by atoms with Crippen molar-refractivity contribution in [3.05, 3.63) is 0 Å². The van der Waals surface area contributed by atoms with E-state index in [0.717, 1.165) is 12.5 Å². The maximum Gasteiger partial charge on any atom is 0.0581 e. The molecule has 1 aliphatic carbocycles. The molecular formula is C10H19NO. The van der Waals surface area contributed by atoms with E-state index < -0.39 is 0 Å². The molecule has 1 saturated carbocycles. The van der Waals surface area contributed by atoms with Crippen LogP contribution in [0.4, 0.5) is 0 Å². The fourth-order valence-corrected chi connectivity index (χ4v) is 2.79. The zero-order valence-corrected chi connectivity index (χ0v) is 8.05. The largest absolute Gasteiger partial charge is 0.378 e. The highest BCUT2D eigenvalue weighted by Gasteiger charge is 2.54. The van der Waals surface area contributed by atoms with Gasteiger partial charge in [0.05, 0.1) is 6.10 Å². The minimum Gasteiger partial charge on any atom is -0.378 e. The first kappa shape index (κ1) is 8.52. The van der Waals surface area contributed by atoms with E-state index in [2.05, 4.69) is 13.8 Å². The number of nitrogens with two attached hydrogens (primary N) is 1. The first-order valence-electron chi connectivity index (χ1n) is 5.04. The van der Waals surface area contributed by atoms with Crippen molar-refractivity contribution >= 4 is 0 Å². The van der Waals surface area contributed by atoms with Gasteiger partial charge >= 0.3 is 0 Å². The highest BCUT2D eigenvalue weighted by molar-refractivity contribution is 5.06. The molecular weight excluding hydrogens is 150 g/mol. The highest BCUT2D eigenvalue weighted by atomic mass is 16.5. The van der Waals surface area contributed by atoms with Gasteiger partial charge in [0.1, 0.15) is 0 Å². The maximum absolute atomic E-state index is 6.02. The van der Waals surface area contributed by atoms with Gasteiger partial charge < -0.3 is 10.5 Å². The standard InChI is InChI=1S/C10H19NO/c1-7-9(3-6-12-7)10(4-5-10)8(2)11/h7-9H,3-6,11H2,1-2H3. The molecule has 2 aliphatic rings. The summed E-state index contributed by atoms with van der Waals surface area (Å²) in [7, 11) is 0. The van der Waals surface area contributed by atoms with E-state index >= 15 is 0 Å². The van der Waals surface area contributed by atoms with E-state index in [1.807, 2.05) is 0 Å². The molecule has 0 aromatic rings. The molecule has 0 aromatic heterocycles. The van der Waals surface area contributed by atoms with Crippen LogP contribution in [0.1, 0.15) is 33.1 Å². The summed E-state index contributed by atoms with van der Waals surface area (Å²) in [5, 5.41) is 0. The van der Waals surface area contributed by atoms with Gasteiger partial charge in [-0.2, -0.15) is 0 Å². The van der Waals surface area contributed by atoms with Crippen molar-refractivity contribution in [2.45, 2.75) is 45.3 Å². The van der Waals surface area contributed by atoms with Gasteiger partial charge in [-0.05, 0) is 44.4 Å². The van der Waals surface area contributed by atoms with E-state index in [1.54, 1.807) is 0 Å². The molecule has 0 spiro atoms. The van der Waals surface area contributed by atoms with Gasteiger partial charge in [-0.15, -0.1) is 0 Å². The van der Waals surface area contributed by atoms with Crippen molar-refractivity contribution < 1.29 is 4.74 Å². The second-order valence-electron chi connectivity index (χ2n) is 4.49. The van der Waals surface area contributed by atoms with Gasteiger partial charge in [0, 0.05) is 12.6 Å². The van der Waals surface area contributed by atoms with Crippen molar-refractivity contribution in [1.82, 2.24) is 0 Å². The van der Waals surface area contributed by atoms with E-state index in [4.69, 9.17) is 10.5 Å². The molecule has 1 aliphatic heterocycles. The van der Waals surface area contributed by atoms with E-state index in [9.17, 15) is 0 Å². The fraction of sp³-hybridized carbons (Fsp3) is 1.00. The fourth-order valence-electron chi connectivity index (χ4n) is 2.79. The maximum atomic E-state index is 6.02. The van der Waals surface area contributed by atoms with Gasteiger partial charge in [-0.1, -0.05) is 0 Å². The molecule has 0 radical (unpaired) electrons. The number of hydrogen-bond donors (Lipinski definition) is 1. The zero-order valence-electron chi connectivity index (χ0n) is 8.05. The Hall–Kier alpha value is -0.0800. The minimum absolute atomic E-state index is 0.353. The van der Waals surface area contributed by atoms with Crippen molar-refractivity contribution in [3.63, 3.8) is 0 Å². The van der Waals surface area contributed by atoms with Crippen LogP contribution < -0.4 is 5.73 Å². The second-order valence-corrected chi connectivity index (χ2v) is 4.49. The number of ether oxygens (including phenoxy) is 1. The monoisotopic (exact) mass is 169 g/mol. The lowest BCUT2D eigenvalue weighted by atomic mass is 9.80. The van der Waals surface area contributed by atoms with Gasteiger partial charge in [-0.25, -0.2) is 0 Å². The molecule has 0 bridgehead atoms. The van der Waals surface area contributed by atoms with Crippen LogP contribution >= 0.6 is 0 Å². The number of hydrogen-bond acceptors (Lipinski definition) is 2. The van der Waals surface area contributed by atoms with Crippen molar-refractivity contribution in [2.24, 2.45) is 17.1 Å². The molecule has 1 heterocycles. The predicted molar refractivity (Wildman–Crippen MR) is 48.8 cm³/mol. The molecule has 0 amide bonds. The molecule has 0 aromatic carbocycles. The predicted octanol–water partition coefficient (Wildman–Crippen LogP) is 1.54. The van der Waals surface area contributed by atoms with Gasteiger partial charge in [0.15, 0.2) is 0 Å². The molecule has 2 fully saturated rings. The first-order valence-corrected chi connectivity index (χ1v) is 5.04. The van der Waals surface area contributed by atoms with Crippen LogP contribution in [0.25, 0.3) is 0 Å². The average Bonchev–Trinajstić information content (AvgIpc) is 2.71. The van der Waals surface area contributed by atoms with Crippen LogP contribution in [-0.2, 0) is 4.74 Å². The third-order valence-corrected chi connectivity index (χ3v) is 3.85. The van der Waals surface area contributed by atoms with Crippen molar-refractivity contribution in [2.75, 3.05) is 6.61 Å². The Morgan fingerprint density at radius 2 is 2.17 bits per heavy atom. The summed E-state index contributed by atoms with van der Waals surface area (Å²) in [6, 6.07) is 0.353. The molecule has 2 N–H and O–H groups in total. The molecule has 12 heavy (non-hydrogen) atoms. The lowest BCUT2D eigenvalue weighted by molar-refractivity contribution is 0.0797. The van der Waals surface area contributed by atoms with Crippen molar-refractivity contribution in [3.8, 4) is 0 Å². The molecule has 1 saturated heterocycles. The Labute approximate surface area is 74.5 Å². The Balaban J connectivity index is 2.08. The molecule has 70 valence electrons. The second kappa shape index (κ2) is 2.71. The lowest BCUT2D eigenvalue weighted by Crippen LogP contribution is -2.37. The Morgan fingerprint density at radius 3 is 2.50 bits per heavy atom. The Kier molecular flexibility index (Phi) is 1.92. The Bertz CT molecular complexity index is 175. The van der Waals surface area contributed by atoms with Gasteiger partial charge in [0.2, 0.25) is 0 Å². The molecule has 3 unspecified atom stereocenters. The lowest BCUT2D eigenvalue weighted by Gasteiger charge is -2.28. The van der Waals surface area contributed by atoms with E-state index in [-0.39, 0.29) is 0 Å². The summed E-state index contributed by atoms with van der Waals surface area (Å²) in [6.45, 7) is 5.29. The highest BCUT2D eigenvalue weighted by Crippen LogP contribution is 2.57. The zero-order chi connectivity index (χ0) is 8.77. The first-order chi connectivity index (χ1) is 5.67. The third-order valence-electron chi connectivity index (χ3n) is 3.85. The Morgan fingerprint density at radius 1 is 1.50 bits per heavy atom. The molecule has 2 rings (SSSR count). The molecule has 3 atom stereocenters. The summed E-state index contributed by atoms with van der Waals surface area (Å²) in [4.78, 5) is 0. The normalized spacial score (nSPS) is 41.2. The van der Waals surface area contributed by atoms with Gasteiger partial charge in [0.25, 0.3) is 0 Å². The van der Waals surface area contributed by atoms with Crippen LogP contribution in [0.2, 0.25) is 0 Å². The molecule has 2 heteroatoms. The van der Waals surface area contributed by atoms with Crippen LogP contribution in [0.5, 0.6) is 0 Å². The average molecular weight is 169 g/mol. The summed E-state index contributed by atoms with van der Waals surface area (Å²) >= 11 is 0. The van der Waals surface area contributed by atoms with Crippen LogP contribution in [-0.4, -0.2) is 18.8 Å². The summed E-state index contributed by atoms with van der Waals surface area (Å²) < 4.78 is 5.59. The van der Waals surface area contributed by atoms with Gasteiger partial charge in [-0.3, -0.25) is 0 Å². The summed E-state index contributed by atoms with van der Waals surface area (Å²) in [6.07, 6.45) is 4.31. The van der Waals surface area contributed by atoms with Crippen LogP contribution in [0, 0.1) is 11.3 Å². The molecule has 2 nitrogen and oxygen atoms in total. The van der Waals surface area contributed by atoms with E-state index in [1.165, 1.54) is 19.3 Å². The third kappa shape index (κ3) is 1.09. The smallest absolute Gasteiger partial charge is 0.0581 e. The quantitative estimate of drug-likeness (QED) is 0.680. The topological polar surface area (TPSA) is 35.2 Å². The van der Waals surface area contributed by atoms with Crippen molar-refractivity contribution in [1.29, 1.82) is 0 Å². The number of rotatable bonds is 2. The minimum atomic E-state index is 0.353. The van der Waals surface area contributed by atoms with Crippen LogP contribution in [0.3, 0.4) is 0 Å².